The van der Waals surface area contributed by atoms with E-state index in [4.69, 9.17) is 14.6 Å². The molecule has 0 aromatic heterocycles. The minimum Gasteiger partial charge on any atom is -0.481 e. The van der Waals surface area contributed by atoms with Crippen LogP contribution < -0.4 is 0 Å². The molecule has 1 N–H and O–H groups in total. The summed E-state index contributed by atoms with van der Waals surface area (Å²) in [6.07, 6.45) is 15.7. The van der Waals surface area contributed by atoms with E-state index in [2.05, 4.69) is 11.7 Å². The van der Waals surface area contributed by atoms with Gasteiger partial charge in [0.05, 0.1) is 25.7 Å². The molecular formula is C24H44O6. The first kappa shape index (κ1) is 26.9. The standard InChI is InChI=1S/C24H44O6/c1-4-5-6-7-9-12-15-20-21(30-24(2,29-20)19-18-22(25)26)16-13-10-8-11-14-17-23(27)28-3/h20-21H,4-19H2,1-3H3,(H,25,26). The van der Waals surface area contributed by atoms with E-state index >= 15 is 0 Å². The topological polar surface area (TPSA) is 82.1 Å². The first-order chi connectivity index (χ1) is 14.4. The molecule has 0 aliphatic carbocycles. The maximum absolute atomic E-state index is 11.1. The van der Waals surface area contributed by atoms with Gasteiger partial charge in [0.15, 0.2) is 5.79 Å². The number of unbranched alkanes of at least 4 members (excludes halogenated alkanes) is 9. The van der Waals surface area contributed by atoms with Gasteiger partial charge in [-0.25, -0.2) is 0 Å². The molecule has 3 unspecified atom stereocenters. The number of methoxy groups -OCH3 is 1. The molecule has 1 aliphatic rings. The van der Waals surface area contributed by atoms with Crippen molar-refractivity contribution in [2.45, 2.75) is 135 Å². The normalized spacial score (nSPS) is 23.6. The lowest BCUT2D eigenvalue weighted by molar-refractivity contribution is -0.172. The monoisotopic (exact) mass is 428 g/mol. The van der Waals surface area contributed by atoms with E-state index in [1.54, 1.807) is 0 Å². The smallest absolute Gasteiger partial charge is 0.305 e. The maximum Gasteiger partial charge on any atom is 0.305 e. The second-order valence-corrected chi connectivity index (χ2v) is 8.78. The van der Waals surface area contributed by atoms with Crippen molar-refractivity contribution in [1.82, 2.24) is 0 Å². The molecule has 0 saturated carbocycles. The molecule has 1 saturated heterocycles. The quantitative estimate of drug-likeness (QED) is 0.213. The molecule has 0 aromatic carbocycles. The number of carboxylic acid groups (broad SMARTS) is 1. The summed E-state index contributed by atoms with van der Waals surface area (Å²) in [6, 6.07) is 0. The van der Waals surface area contributed by atoms with Crippen LogP contribution >= 0.6 is 0 Å². The Kier molecular flexibility index (Phi) is 14.0. The van der Waals surface area contributed by atoms with E-state index < -0.39 is 11.8 Å². The third kappa shape index (κ3) is 11.9. The van der Waals surface area contributed by atoms with Crippen LogP contribution in [0, 0.1) is 0 Å². The number of aliphatic carboxylic acids is 1. The Hall–Kier alpha value is -1.14. The van der Waals surface area contributed by atoms with E-state index in [1.165, 1.54) is 39.2 Å². The highest BCUT2D eigenvalue weighted by Gasteiger charge is 2.43. The van der Waals surface area contributed by atoms with Crippen molar-refractivity contribution in [3.8, 4) is 0 Å². The van der Waals surface area contributed by atoms with Gasteiger partial charge in [0, 0.05) is 12.8 Å². The van der Waals surface area contributed by atoms with Crippen LogP contribution in [0.5, 0.6) is 0 Å². The zero-order chi connectivity index (χ0) is 22.2. The van der Waals surface area contributed by atoms with Crippen molar-refractivity contribution in [3.05, 3.63) is 0 Å². The number of rotatable bonds is 18. The predicted octanol–water partition coefficient (Wildman–Crippen LogP) is 6.01. The van der Waals surface area contributed by atoms with Crippen LogP contribution in [0.4, 0.5) is 0 Å². The third-order valence-corrected chi connectivity index (χ3v) is 5.95. The summed E-state index contributed by atoms with van der Waals surface area (Å²) in [5, 5.41) is 9.02. The van der Waals surface area contributed by atoms with Gasteiger partial charge < -0.3 is 19.3 Å². The molecule has 1 fully saturated rings. The van der Waals surface area contributed by atoms with Crippen molar-refractivity contribution in [3.63, 3.8) is 0 Å². The van der Waals surface area contributed by atoms with Gasteiger partial charge in [0.2, 0.25) is 0 Å². The summed E-state index contributed by atoms with van der Waals surface area (Å²) in [5.41, 5.74) is 0. The van der Waals surface area contributed by atoms with Gasteiger partial charge in [-0.3, -0.25) is 9.59 Å². The number of carboxylic acids is 1. The largest absolute Gasteiger partial charge is 0.481 e. The Morgan fingerprint density at radius 1 is 0.833 bits per heavy atom. The summed E-state index contributed by atoms with van der Waals surface area (Å²) in [4.78, 5) is 22.1. The summed E-state index contributed by atoms with van der Waals surface area (Å²) in [6.45, 7) is 4.11. The fourth-order valence-electron chi connectivity index (χ4n) is 4.13. The van der Waals surface area contributed by atoms with Gasteiger partial charge in [-0.15, -0.1) is 0 Å². The van der Waals surface area contributed by atoms with Crippen molar-refractivity contribution < 1.29 is 28.9 Å². The number of hydrogen-bond donors (Lipinski definition) is 1. The lowest BCUT2D eigenvalue weighted by atomic mass is 9.99. The molecule has 0 radical (unpaired) electrons. The van der Waals surface area contributed by atoms with Crippen molar-refractivity contribution in [1.29, 1.82) is 0 Å². The average molecular weight is 429 g/mol. The van der Waals surface area contributed by atoms with Crippen LogP contribution in [0.2, 0.25) is 0 Å². The summed E-state index contributed by atoms with van der Waals surface area (Å²) < 4.78 is 17.1. The molecule has 6 nitrogen and oxygen atoms in total. The van der Waals surface area contributed by atoms with Crippen LogP contribution in [0.3, 0.4) is 0 Å². The average Bonchev–Trinajstić information content (AvgIpc) is 3.04. The fraction of sp³-hybridized carbons (Fsp3) is 0.917. The van der Waals surface area contributed by atoms with E-state index in [1.807, 2.05) is 6.92 Å². The molecular weight excluding hydrogens is 384 g/mol. The Labute approximate surface area is 183 Å². The zero-order valence-electron chi connectivity index (χ0n) is 19.5. The van der Waals surface area contributed by atoms with Crippen molar-refractivity contribution >= 4 is 11.9 Å². The molecule has 1 aliphatic heterocycles. The van der Waals surface area contributed by atoms with Gasteiger partial charge in [0.1, 0.15) is 0 Å². The third-order valence-electron chi connectivity index (χ3n) is 5.95. The van der Waals surface area contributed by atoms with Crippen LogP contribution in [0.15, 0.2) is 0 Å². The minimum absolute atomic E-state index is 0.0505. The van der Waals surface area contributed by atoms with Crippen LogP contribution in [-0.4, -0.2) is 42.1 Å². The number of esters is 1. The fourth-order valence-corrected chi connectivity index (χ4v) is 4.13. The SMILES string of the molecule is CCCCCCCCC1OC(C)(CCC(=O)O)OC1CCCCCCCC(=O)OC. The minimum atomic E-state index is -0.814. The van der Waals surface area contributed by atoms with E-state index in [-0.39, 0.29) is 24.6 Å². The molecule has 176 valence electrons. The lowest BCUT2D eigenvalue weighted by Gasteiger charge is -2.22. The number of ether oxygens (including phenoxy) is 3. The Morgan fingerprint density at radius 3 is 1.83 bits per heavy atom. The highest BCUT2D eigenvalue weighted by atomic mass is 16.8. The maximum atomic E-state index is 11.1. The molecule has 0 spiro atoms. The number of hydrogen-bond acceptors (Lipinski definition) is 5. The summed E-state index contributed by atoms with van der Waals surface area (Å²) >= 11 is 0. The van der Waals surface area contributed by atoms with Crippen molar-refractivity contribution in [2.24, 2.45) is 0 Å². The second-order valence-electron chi connectivity index (χ2n) is 8.78. The molecule has 3 atom stereocenters. The highest BCUT2D eigenvalue weighted by molar-refractivity contribution is 5.69. The molecule has 0 aromatic rings. The van der Waals surface area contributed by atoms with E-state index in [9.17, 15) is 9.59 Å². The highest BCUT2D eigenvalue weighted by Crippen LogP contribution is 2.37. The lowest BCUT2D eigenvalue weighted by Crippen LogP contribution is -2.27. The summed E-state index contributed by atoms with van der Waals surface area (Å²) in [5.74, 6) is -1.73. The summed E-state index contributed by atoms with van der Waals surface area (Å²) in [7, 11) is 1.43. The molecule has 0 bridgehead atoms. The predicted molar refractivity (Wildman–Crippen MR) is 117 cm³/mol. The van der Waals surface area contributed by atoms with Crippen molar-refractivity contribution in [2.75, 3.05) is 7.11 Å². The first-order valence-corrected chi connectivity index (χ1v) is 12.0. The molecule has 30 heavy (non-hydrogen) atoms. The Morgan fingerprint density at radius 2 is 1.33 bits per heavy atom. The molecule has 6 heteroatoms. The van der Waals surface area contributed by atoms with Gasteiger partial charge in [-0.1, -0.05) is 71.1 Å². The van der Waals surface area contributed by atoms with Gasteiger partial charge in [-0.2, -0.15) is 0 Å². The van der Waals surface area contributed by atoms with Gasteiger partial charge >= 0.3 is 11.9 Å². The number of carbonyl (C=O) groups is 2. The Balaban J connectivity index is 2.36. The first-order valence-electron chi connectivity index (χ1n) is 12.0. The Bertz CT molecular complexity index is 480. The van der Waals surface area contributed by atoms with Crippen LogP contribution in [-0.2, 0) is 23.8 Å². The zero-order valence-corrected chi connectivity index (χ0v) is 19.5. The second kappa shape index (κ2) is 15.6. The van der Waals surface area contributed by atoms with Gasteiger partial charge in [0.25, 0.3) is 0 Å². The molecule has 1 heterocycles. The molecule has 0 amide bonds. The van der Waals surface area contributed by atoms with E-state index in [0.29, 0.717) is 12.8 Å². The van der Waals surface area contributed by atoms with Gasteiger partial charge in [-0.05, 0) is 26.2 Å². The van der Waals surface area contributed by atoms with E-state index in [0.717, 1.165) is 51.4 Å². The van der Waals surface area contributed by atoms with Crippen LogP contribution in [0.25, 0.3) is 0 Å². The number of carbonyl (C=O) groups excluding carboxylic acids is 1. The molecule has 1 rings (SSSR count). The van der Waals surface area contributed by atoms with Crippen LogP contribution in [0.1, 0.15) is 117 Å².